The van der Waals surface area contributed by atoms with Gasteiger partial charge in [-0.25, -0.2) is 0 Å². The van der Waals surface area contributed by atoms with E-state index in [9.17, 15) is 4.79 Å². The molecule has 0 spiro atoms. The molecule has 0 radical (unpaired) electrons. The van der Waals surface area contributed by atoms with E-state index in [-0.39, 0.29) is 11.9 Å². The highest BCUT2D eigenvalue weighted by Gasteiger charge is 2.13. The highest BCUT2D eigenvalue weighted by molar-refractivity contribution is 7.10. The number of aliphatic hydroxyl groups is 1. The number of carbonyl (C=O) groups is 1. The molecule has 3 nitrogen and oxygen atoms in total. The van der Waals surface area contributed by atoms with Crippen LogP contribution in [0, 0.1) is 0 Å². The van der Waals surface area contributed by atoms with E-state index in [0.29, 0.717) is 0 Å². The van der Waals surface area contributed by atoms with E-state index in [1.165, 1.54) is 6.92 Å². The lowest BCUT2D eigenvalue weighted by molar-refractivity contribution is -0.129. The van der Waals surface area contributed by atoms with Crippen molar-refractivity contribution in [1.29, 1.82) is 0 Å². The van der Waals surface area contributed by atoms with Gasteiger partial charge < -0.3 is 10.4 Å². The van der Waals surface area contributed by atoms with Crippen LogP contribution in [0.4, 0.5) is 0 Å². The van der Waals surface area contributed by atoms with Crippen molar-refractivity contribution in [2.45, 2.75) is 26.0 Å². The smallest absolute Gasteiger partial charge is 0.249 e. The van der Waals surface area contributed by atoms with E-state index in [0.717, 1.165) is 4.88 Å². The number of rotatable bonds is 3. The van der Waals surface area contributed by atoms with Crippen molar-refractivity contribution >= 4 is 17.2 Å². The molecule has 1 aromatic rings. The van der Waals surface area contributed by atoms with E-state index >= 15 is 0 Å². The predicted molar refractivity (Wildman–Crippen MR) is 52.6 cm³/mol. The summed E-state index contributed by atoms with van der Waals surface area (Å²) in [5, 5.41) is 13.6. The van der Waals surface area contributed by atoms with Crippen LogP contribution in [0.25, 0.3) is 0 Å². The number of hydrogen-bond acceptors (Lipinski definition) is 3. The van der Waals surface area contributed by atoms with Crippen LogP contribution in [0.3, 0.4) is 0 Å². The molecule has 0 aliphatic carbocycles. The first-order valence-electron chi connectivity index (χ1n) is 4.13. The van der Waals surface area contributed by atoms with E-state index < -0.39 is 6.10 Å². The standard InChI is InChI=1S/C9H13NO2S/c1-6(8-4-3-5-13-8)10-9(12)7(2)11/h3-7,11H,1-2H3,(H,10,12)/t6?,7-/m0/s1. The molecule has 72 valence electrons. The lowest BCUT2D eigenvalue weighted by atomic mass is 10.2. The molecule has 2 atom stereocenters. The third-order valence-electron chi connectivity index (χ3n) is 1.71. The number of hydrogen-bond donors (Lipinski definition) is 2. The molecule has 0 aliphatic rings. The zero-order chi connectivity index (χ0) is 9.84. The van der Waals surface area contributed by atoms with Crippen LogP contribution in [0.5, 0.6) is 0 Å². The van der Waals surface area contributed by atoms with Crippen molar-refractivity contribution < 1.29 is 9.90 Å². The van der Waals surface area contributed by atoms with Gasteiger partial charge in [0.25, 0.3) is 0 Å². The Bertz CT molecular complexity index is 269. The van der Waals surface area contributed by atoms with Gasteiger partial charge in [0, 0.05) is 4.88 Å². The zero-order valence-electron chi connectivity index (χ0n) is 7.65. The molecular formula is C9H13NO2S. The Hall–Kier alpha value is -0.870. The second-order valence-corrected chi connectivity index (χ2v) is 3.90. The van der Waals surface area contributed by atoms with Gasteiger partial charge >= 0.3 is 0 Å². The van der Waals surface area contributed by atoms with Crippen LogP contribution in [0.1, 0.15) is 24.8 Å². The summed E-state index contributed by atoms with van der Waals surface area (Å²) in [5.74, 6) is -0.332. The molecule has 4 heteroatoms. The summed E-state index contributed by atoms with van der Waals surface area (Å²) >= 11 is 1.59. The minimum absolute atomic E-state index is 0.0258. The number of nitrogens with one attached hydrogen (secondary N) is 1. The Kier molecular flexibility index (Phi) is 3.45. The van der Waals surface area contributed by atoms with Crippen LogP contribution in [-0.2, 0) is 4.79 Å². The Balaban J connectivity index is 2.51. The van der Waals surface area contributed by atoms with Gasteiger partial charge in [0.1, 0.15) is 6.10 Å². The van der Waals surface area contributed by atoms with Gasteiger partial charge in [-0.1, -0.05) is 6.07 Å². The van der Waals surface area contributed by atoms with Crippen LogP contribution in [0.2, 0.25) is 0 Å². The Morgan fingerprint density at radius 1 is 1.62 bits per heavy atom. The summed E-state index contributed by atoms with van der Waals surface area (Å²) in [6.45, 7) is 3.35. The maximum Gasteiger partial charge on any atom is 0.249 e. The summed E-state index contributed by atoms with van der Waals surface area (Å²) in [5.41, 5.74) is 0. The molecule has 0 aromatic carbocycles. The number of carbonyl (C=O) groups excluding carboxylic acids is 1. The largest absolute Gasteiger partial charge is 0.384 e. The SMILES string of the molecule is CC(NC(=O)[C@H](C)O)c1cccs1. The van der Waals surface area contributed by atoms with Crippen molar-refractivity contribution in [2.24, 2.45) is 0 Å². The third kappa shape index (κ3) is 2.82. The lowest BCUT2D eigenvalue weighted by Gasteiger charge is -2.13. The monoisotopic (exact) mass is 199 g/mol. The highest BCUT2D eigenvalue weighted by Crippen LogP contribution is 2.17. The van der Waals surface area contributed by atoms with Crippen molar-refractivity contribution in [1.82, 2.24) is 5.32 Å². The molecule has 2 N–H and O–H groups in total. The molecule has 0 fully saturated rings. The average molecular weight is 199 g/mol. The van der Waals surface area contributed by atoms with Crippen molar-refractivity contribution in [3.8, 4) is 0 Å². The summed E-state index contributed by atoms with van der Waals surface area (Å²) in [4.78, 5) is 12.2. The molecule has 0 saturated heterocycles. The summed E-state index contributed by atoms with van der Waals surface area (Å²) < 4.78 is 0. The van der Waals surface area contributed by atoms with Gasteiger partial charge in [-0.2, -0.15) is 0 Å². The van der Waals surface area contributed by atoms with Gasteiger partial charge in [-0.15, -0.1) is 11.3 Å². The molecule has 0 saturated carbocycles. The first kappa shape index (κ1) is 10.2. The fourth-order valence-corrected chi connectivity index (χ4v) is 1.68. The first-order chi connectivity index (χ1) is 6.11. The van der Waals surface area contributed by atoms with E-state index in [1.54, 1.807) is 11.3 Å². The van der Waals surface area contributed by atoms with Gasteiger partial charge in [-0.05, 0) is 25.3 Å². The minimum Gasteiger partial charge on any atom is -0.384 e. The molecular weight excluding hydrogens is 186 g/mol. The fraction of sp³-hybridized carbons (Fsp3) is 0.444. The normalized spacial score (nSPS) is 15.0. The van der Waals surface area contributed by atoms with E-state index in [1.807, 2.05) is 24.4 Å². The third-order valence-corrected chi connectivity index (χ3v) is 2.76. The zero-order valence-corrected chi connectivity index (χ0v) is 8.47. The van der Waals surface area contributed by atoms with Gasteiger partial charge in [0.05, 0.1) is 6.04 Å². The Morgan fingerprint density at radius 2 is 2.31 bits per heavy atom. The molecule has 0 aliphatic heterocycles. The molecule has 1 amide bonds. The highest BCUT2D eigenvalue weighted by atomic mass is 32.1. The minimum atomic E-state index is -0.942. The molecule has 0 bridgehead atoms. The first-order valence-corrected chi connectivity index (χ1v) is 5.01. The van der Waals surface area contributed by atoms with E-state index in [2.05, 4.69) is 5.32 Å². The Morgan fingerprint density at radius 3 is 2.77 bits per heavy atom. The maximum absolute atomic E-state index is 11.1. The van der Waals surface area contributed by atoms with Crippen LogP contribution >= 0.6 is 11.3 Å². The number of amides is 1. The molecule has 1 unspecified atom stereocenters. The van der Waals surface area contributed by atoms with Crippen molar-refractivity contribution in [3.05, 3.63) is 22.4 Å². The summed E-state index contributed by atoms with van der Waals surface area (Å²) in [6.07, 6.45) is -0.942. The van der Waals surface area contributed by atoms with Crippen LogP contribution in [-0.4, -0.2) is 17.1 Å². The second-order valence-electron chi connectivity index (χ2n) is 2.92. The van der Waals surface area contributed by atoms with Crippen LogP contribution < -0.4 is 5.32 Å². The second kappa shape index (κ2) is 4.39. The van der Waals surface area contributed by atoms with Gasteiger partial charge in [0.2, 0.25) is 5.91 Å². The quantitative estimate of drug-likeness (QED) is 0.771. The maximum atomic E-state index is 11.1. The topological polar surface area (TPSA) is 49.3 Å². The summed E-state index contributed by atoms with van der Waals surface area (Å²) in [6, 6.07) is 3.87. The predicted octanol–water partition coefficient (Wildman–Crippen LogP) is 1.31. The van der Waals surface area contributed by atoms with Crippen molar-refractivity contribution in [3.63, 3.8) is 0 Å². The molecule has 1 heterocycles. The molecule has 1 aromatic heterocycles. The molecule has 1 rings (SSSR count). The van der Waals surface area contributed by atoms with E-state index in [4.69, 9.17) is 5.11 Å². The van der Waals surface area contributed by atoms with Gasteiger partial charge in [-0.3, -0.25) is 4.79 Å². The van der Waals surface area contributed by atoms with Crippen LogP contribution in [0.15, 0.2) is 17.5 Å². The van der Waals surface area contributed by atoms with Gasteiger partial charge in [0.15, 0.2) is 0 Å². The van der Waals surface area contributed by atoms with Crippen molar-refractivity contribution in [2.75, 3.05) is 0 Å². The lowest BCUT2D eigenvalue weighted by Crippen LogP contribution is -2.34. The fourth-order valence-electron chi connectivity index (χ4n) is 0.943. The Labute approximate surface area is 81.4 Å². The number of aliphatic hydroxyl groups excluding tert-OH is 1. The summed E-state index contributed by atoms with van der Waals surface area (Å²) in [7, 11) is 0. The number of thiophene rings is 1. The average Bonchev–Trinajstić information content (AvgIpc) is 2.55. The molecule has 13 heavy (non-hydrogen) atoms.